The Labute approximate surface area is 114 Å². The molecule has 1 aromatic carbocycles. The minimum absolute atomic E-state index is 0.467. The summed E-state index contributed by atoms with van der Waals surface area (Å²) in [5.74, 6) is 0. The number of aromatic nitrogens is 2. The first-order chi connectivity index (χ1) is 7.97. The molecule has 0 aliphatic heterocycles. The van der Waals surface area contributed by atoms with Crippen LogP contribution in [0.3, 0.4) is 0 Å². The Kier molecular flexibility index (Phi) is 3.56. The lowest BCUT2D eigenvalue weighted by Crippen LogP contribution is -1.94. The zero-order valence-electron chi connectivity index (χ0n) is 9.37. The second-order valence-electron chi connectivity index (χ2n) is 3.65. The maximum absolute atomic E-state index is 5.97. The zero-order chi connectivity index (χ0) is 12.6. The molecule has 0 saturated carbocycles. The van der Waals surface area contributed by atoms with Gasteiger partial charge in [0, 0.05) is 17.6 Å². The van der Waals surface area contributed by atoms with Crippen LogP contribution in [-0.4, -0.2) is 9.78 Å². The van der Waals surface area contributed by atoms with Crippen LogP contribution in [0.1, 0.15) is 5.69 Å². The van der Waals surface area contributed by atoms with E-state index >= 15 is 0 Å². The Morgan fingerprint density at radius 1 is 1.24 bits per heavy atom. The second kappa shape index (κ2) is 4.80. The van der Waals surface area contributed by atoms with Gasteiger partial charge in [-0.2, -0.15) is 5.10 Å². The van der Waals surface area contributed by atoms with Crippen LogP contribution in [0.25, 0.3) is 0 Å². The molecule has 0 saturated heterocycles. The van der Waals surface area contributed by atoms with Crippen molar-refractivity contribution in [2.45, 2.75) is 16.8 Å². The third-order valence-corrected chi connectivity index (χ3v) is 4.11. The van der Waals surface area contributed by atoms with Gasteiger partial charge in [-0.05, 0) is 25.1 Å². The third-order valence-electron chi connectivity index (χ3n) is 2.23. The van der Waals surface area contributed by atoms with Gasteiger partial charge in [-0.15, -0.1) is 0 Å². The van der Waals surface area contributed by atoms with E-state index in [0.717, 1.165) is 15.6 Å². The molecule has 0 fully saturated rings. The van der Waals surface area contributed by atoms with Crippen LogP contribution in [0.5, 0.6) is 0 Å². The first-order valence-electron chi connectivity index (χ1n) is 4.90. The van der Waals surface area contributed by atoms with Crippen LogP contribution in [0.4, 0.5) is 5.69 Å². The molecule has 0 bridgehead atoms. The first kappa shape index (κ1) is 12.6. The van der Waals surface area contributed by atoms with Gasteiger partial charge in [-0.1, -0.05) is 35.0 Å². The molecule has 0 aliphatic rings. The van der Waals surface area contributed by atoms with Crippen LogP contribution >= 0.6 is 35.0 Å². The molecule has 0 amide bonds. The van der Waals surface area contributed by atoms with Crippen molar-refractivity contribution in [3.05, 3.63) is 33.9 Å². The van der Waals surface area contributed by atoms with Crippen LogP contribution in [0.2, 0.25) is 10.0 Å². The van der Waals surface area contributed by atoms with Crippen molar-refractivity contribution >= 4 is 40.7 Å². The summed E-state index contributed by atoms with van der Waals surface area (Å²) in [6.07, 6.45) is 0. The molecule has 0 radical (unpaired) electrons. The molecule has 2 rings (SSSR count). The highest BCUT2D eigenvalue weighted by Crippen LogP contribution is 2.37. The number of nitrogen functional groups attached to an aromatic ring is 1. The lowest BCUT2D eigenvalue weighted by Gasteiger charge is -2.07. The third kappa shape index (κ3) is 2.70. The van der Waals surface area contributed by atoms with Gasteiger partial charge in [0.05, 0.1) is 20.8 Å². The number of anilines is 1. The number of hydrogen-bond donors (Lipinski definition) is 1. The van der Waals surface area contributed by atoms with E-state index in [1.807, 2.05) is 24.7 Å². The maximum Gasteiger partial charge on any atom is 0.0987 e. The number of nitrogens with zero attached hydrogens (tertiary/aromatic N) is 2. The molecule has 17 heavy (non-hydrogen) atoms. The normalized spacial score (nSPS) is 10.8. The standard InChI is InChI=1S/C11H11Cl2N3S/c1-6-3-11(16(2)15-6)17-10-5-8(13)7(12)4-9(10)14/h3-5H,14H2,1-2H3. The Balaban J connectivity index is 2.36. The topological polar surface area (TPSA) is 43.8 Å². The van der Waals surface area contributed by atoms with Gasteiger partial charge in [-0.3, -0.25) is 4.68 Å². The molecule has 0 spiro atoms. The molecule has 1 heterocycles. The molecule has 0 aliphatic carbocycles. The predicted octanol–water partition coefficient (Wildman–Crippen LogP) is 3.77. The van der Waals surface area contributed by atoms with E-state index in [4.69, 9.17) is 28.9 Å². The maximum atomic E-state index is 5.97. The molecule has 0 atom stereocenters. The van der Waals surface area contributed by atoms with Gasteiger partial charge < -0.3 is 5.73 Å². The summed E-state index contributed by atoms with van der Waals surface area (Å²) < 4.78 is 1.81. The van der Waals surface area contributed by atoms with Crippen molar-refractivity contribution in [2.75, 3.05) is 5.73 Å². The fraction of sp³-hybridized carbons (Fsp3) is 0.182. The summed E-state index contributed by atoms with van der Waals surface area (Å²) in [5.41, 5.74) is 7.48. The van der Waals surface area contributed by atoms with E-state index in [2.05, 4.69) is 5.10 Å². The highest BCUT2D eigenvalue weighted by atomic mass is 35.5. The van der Waals surface area contributed by atoms with Crippen molar-refractivity contribution in [3.8, 4) is 0 Å². The fourth-order valence-electron chi connectivity index (χ4n) is 1.43. The van der Waals surface area contributed by atoms with Gasteiger partial charge >= 0.3 is 0 Å². The van der Waals surface area contributed by atoms with Crippen LogP contribution in [-0.2, 0) is 7.05 Å². The van der Waals surface area contributed by atoms with Crippen molar-refractivity contribution in [2.24, 2.45) is 7.05 Å². The summed E-state index contributed by atoms with van der Waals surface area (Å²) >= 11 is 13.4. The van der Waals surface area contributed by atoms with Crippen molar-refractivity contribution in [1.29, 1.82) is 0 Å². The van der Waals surface area contributed by atoms with Crippen molar-refractivity contribution in [1.82, 2.24) is 9.78 Å². The average molecular weight is 288 g/mol. The van der Waals surface area contributed by atoms with Crippen LogP contribution < -0.4 is 5.73 Å². The molecule has 6 heteroatoms. The van der Waals surface area contributed by atoms with E-state index in [1.54, 1.807) is 12.1 Å². The number of hydrogen-bond acceptors (Lipinski definition) is 3. The Hall–Kier alpha value is -0.840. The zero-order valence-corrected chi connectivity index (χ0v) is 11.7. The smallest absolute Gasteiger partial charge is 0.0987 e. The van der Waals surface area contributed by atoms with Crippen LogP contribution in [0.15, 0.2) is 28.1 Å². The molecule has 1 aromatic heterocycles. The van der Waals surface area contributed by atoms with E-state index < -0.39 is 0 Å². The van der Waals surface area contributed by atoms with Crippen molar-refractivity contribution in [3.63, 3.8) is 0 Å². The lowest BCUT2D eigenvalue weighted by atomic mass is 10.3. The fourth-order valence-corrected chi connectivity index (χ4v) is 2.81. The quantitative estimate of drug-likeness (QED) is 0.855. The van der Waals surface area contributed by atoms with Crippen LogP contribution in [0, 0.1) is 6.92 Å². The monoisotopic (exact) mass is 287 g/mol. The van der Waals surface area contributed by atoms with Crippen molar-refractivity contribution < 1.29 is 0 Å². The molecule has 90 valence electrons. The number of benzene rings is 1. The number of nitrogens with two attached hydrogens (primary N) is 1. The minimum Gasteiger partial charge on any atom is -0.398 e. The van der Waals surface area contributed by atoms with E-state index in [-0.39, 0.29) is 0 Å². The molecule has 0 unspecified atom stereocenters. The molecule has 2 N–H and O–H groups in total. The second-order valence-corrected chi connectivity index (χ2v) is 5.53. The molecular weight excluding hydrogens is 277 g/mol. The largest absolute Gasteiger partial charge is 0.398 e. The van der Waals surface area contributed by atoms with E-state index in [1.165, 1.54) is 11.8 Å². The van der Waals surface area contributed by atoms with E-state index in [0.29, 0.717) is 15.7 Å². The average Bonchev–Trinajstić information content (AvgIpc) is 2.54. The van der Waals surface area contributed by atoms with Gasteiger partial charge in [0.1, 0.15) is 0 Å². The van der Waals surface area contributed by atoms with Gasteiger partial charge in [0.15, 0.2) is 0 Å². The first-order valence-corrected chi connectivity index (χ1v) is 6.47. The Bertz CT molecular complexity index is 566. The van der Waals surface area contributed by atoms with Gasteiger partial charge in [0.25, 0.3) is 0 Å². The molecule has 2 aromatic rings. The molecule has 3 nitrogen and oxygen atoms in total. The molecular formula is C11H11Cl2N3S. The van der Waals surface area contributed by atoms with Gasteiger partial charge in [0.2, 0.25) is 0 Å². The minimum atomic E-state index is 0.467. The lowest BCUT2D eigenvalue weighted by molar-refractivity contribution is 0.692. The van der Waals surface area contributed by atoms with E-state index in [9.17, 15) is 0 Å². The summed E-state index contributed by atoms with van der Waals surface area (Å²) in [5, 5.41) is 6.25. The Morgan fingerprint density at radius 3 is 2.47 bits per heavy atom. The summed E-state index contributed by atoms with van der Waals surface area (Å²) in [6.45, 7) is 1.95. The van der Waals surface area contributed by atoms with Gasteiger partial charge in [-0.25, -0.2) is 0 Å². The summed E-state index contributed by atoms with van der Waals surface area (Å²) in [7, 11) is 1.89. The Morgan fingerprint density at radius 2 is 1.88 bits per heavy atom. The number of halogens is 2. The number of aryl methyl sites for hydroxylation is 2. The highest BCUT2D eigenvalue weighted by Gasteiger charge is 2.09. The summed E-state index contributed by atoms with van der Waals surface area (Å²) in [6, 6.07) is 5.42. The predicted molar refractivity (Wildman–Crippen MR) is 72.9 cm³/mol. The highest BCUT2D eigenvalue weighted by molar-refractivity contribution is 7.99. The number of rotatable bonds is 2. The SMILES string of the molecule is Cc1cc(Sc2cc(Cl)c(Cl)cc2N)n(C)n1. The summed E-state index contributed by atoms with van der Waals surface area (Å²) in [4.78, 5) is 0.877.